The molecule has 0 bridgehead atoms. The van der Waals surface area contributed by atoms with Gasteiger partial charge in [-0.15, -0.1) is 0 Å². The van der Waals surface area contributed by atoms with Gasteiger partial charge in [-0.25, -0.2) is 4.39 Å². The van der Waals surface area contributed by atoms with E-state index < -0.39 is 41.6 Å². The minimum absolute atomic E-state index is 0.242. The van der Waals surface area contributed by atoms with Crippen molar-refractivity contribution < 1.29 is 27.2 Å². The van der Waals surface area contributed by atoms with Crippen molar-refractivity contribution in [3.05, 3.63) is 53.6 Å². The second kappa shape index (κ2) is 6.91. The number of hydrogen-bond donors (Lipinski definition) is 2. The zero-order chi connectivity index (χ0) is 18.8. The number of nitrogens with two attached hydrogens (primary N) is 1. The van der Waals surface area contributed by atoms with E-state index in [1.807, 2.05) is 0 Å². The lowest BCUT2D eigenvalue weighted by Crippen LogP contribution is -2.40. The quantitative estimate of drug-likeness (QED) is 0.801. The van der Waals surface area contributed by atoms with Gasteiger partial charge in [-0.05, 0) is 30.7 Å². The van der Waals surface area contributed by atoms with Gasteiger partial charge in [0.25, 0.3) is 0 Å². The smallest absolute Gasteiger partial charge is 0.368 e. The summed E-state index contributed by atoms with van der Waals surface area (Å²) in [6.07, 6.45) is -3.63. The summed E-state index contributed by atoms with van der Waals surface area (Å²) in [6, 6.07) is 3.06. The highest BCUT2D eigenvalue weighted by Crippen LogP contribution is 2.28. The molecule has 2 rings (SSSR count). The number of carbonyl (C=O) groups is 2. The number of carbonyl (C=O) groups excluding carboxylic acids is 2. The molecule has 2 unspecified atom stereocenters. The summed E-state index contributed by atoms with van der Waals surface area (Å²) in [5.41, 5.74) is 4.34. The molecule has 0 saturated carbocycles. The molecule has 0 aliphatic heterocycles. The number of amides is 2. The van der Waals surface area contributed by atoms with Gasteiger partial charge in [0.1, 0.15) is 17.9 Å². The Morgan fingerprint density at radius 1 is 1.20 bits per heavy atom. The molecule has 2 atom stereocenters. The third-order valence-electron chi connectivity index (χ3n) is 3.45. The number of alkyl halides is 3. The summed E-state index contributed by atoms with van der Waals surface area (Å²) in [5, 5.41) is 5.62. The average molecular weight is 358 g/mol. The Morgan fingerprint density at radius 3 is 2.28 bits per heavy atom. The maximum Gasteiger partial charge on any atom is 0.435 e. The van der Waals surface area contributed by atoms with E-state index >= 15 is 0 Å². The monoisotopic (exact) mass is 358 g/mol. The van der Waals surface area contributed by atoms with Gasteiger partial charge in [0.15, 0.2) is 5.69 Å². The van der Waals surface area contributed by atoms with E-state index in [2.05, 4.69) is 10.4 Å². The SMILES string of the molecule is CC(C(=O)NC(C(N)=O)c1ccc(F)cc1)n1ccc(C(F)(F)F)n1. The van der Waals surface area contributed by atoms with Crippen LogP contribution in [-0.2, 0) is 15.8 Å². The number of nitrogens with one attached hydrogen (secondary N) is 1. The summed E-state index contributed by atoms with van der Waals surface area (Å²) in [4.78, 5) is 23.8. The molecule has 1 aromatic carbocycles. The highest BCUT2D eigenvalue weighted by atomic mass is 19.4. The first-order valence-corrected chi connectivity index (χ1v) is 7.07. The highest BCUT2D eigenvalue weighted by molar-refractivity contribution is 5.88. The van der Waals surface area contributed by atoms with Crippen molar-refractivity contribution in [2.45, 2.75) is 25.2 Å². The zero-order valence-corrected chi connectivity index (χ0v) is 12.9. The molecule has 1 heterocycles. The van der Waals surface area contributed by atoms with E-state index in [-0.39, 0.29) is 5.56 Å². The largest absolute Gasteiger partial charge is 0.435 e. The molecule has 0 fully saturated rings. The summed E-state index contributed by atoms with van der Waals surface area (Å²) in [7, 11) is 0. The van der Waals surface area contributed by atoms with Gasteiger partial charge >= 0.3 is 6.18 Å². The Balaban J connectivity index is 2.16. The van der Waals surface area contributed by atoms with Crippen LogP contribution in [0.15, 0.2) is 36.5 Å². The van der Waals surface area contributed by atoms with Crippen molar-refractivity contribution in [2.24, 2.45) is 5.73 Å². The molecule has 0 saturated heterocycles. The maximum absolute atomic E-state index is 13.0. The minimum atomic E-state index is -4.63. The Morgan fingerprint density at radius 2 is 1.80 bits per heavy atom. The number of nitrogens with zero attached hydrogens (tertiary/aromatic N) is 2. The lowest BCUT2D eigenvalue weighted by Gasteiger charge is -2.19. The normalized spacial score (nSPS) is 14.0. The third kappa shape index (κ3) is 4.34. The molecule has 1 aromatic heterocycles. The molecule has 3 N–H and O–H groups in total. The van der Waals surface area contributed by atoms with Gasteiger partial charge in [-0.2, -0.15) is 18.3 Å². The first-order valence-electron chi connectivity index (χ1n) is 7.07. The fourth-order valence-corrected chi connectivity index (χ4v) is 2.06. The van der Waals surface area contributed by atoms with Crippen LogP contribution in [0.3, 0.4) is 0 Å². The first kappa shape index (κ1) is 18.4. The van der Waals surface area contributed by atoms with Crippen molar-refractivity contribution in [2.75, 3.05) is 0 Å². The van der Waals surface area contributed by atoms with Crippen LogP contribution in [0.5, 0.6) is 0 Å². The van der Waals surface area contributed by atoms with Gasteiger partial charge in [-0.1, -0.05) is 12.1 Å². The zero-order valence-electron chi connectivity index (χ0n) is 12.9. The fraction of sp³-hybridized carbons (Fsp3) is 0.267. The number of halogens is 4. The van der Waals surface area contributed by atoms with Crippen LogP contribution in [-0.4, -0.2) is 21.6 Å². The summed E-state index contributed by atoms with van der Waals surface area (Å²) >= 11 is 0. The molecule has 0 radical (unpaired) electrons. The molecule has 0 aliphatic carbocycles. The molecule has 0 aliphatic rings. The van der Waals surface area contributed by atoms with Gasteiger partial charge in [0.2, 0.25) is 11.8 Å². The van der Waals surface area contributed by atoms with Gasteiger partial charge < -0.3 is 11.1 Å². The van der Waals surface area contributed by atoms with E-state index in [0.717, 1.165) is 29.1 Å². The lowest BCUT2D eigenvalue weighted by atomic mass is 10.1. The molecule has 6 nitrogen and oxygen atoms in total. The van der Waals surface area contributed by atoms with Gasteiger partial charge in [0.05, 0.1) is 0 Å². The topological polar surface area (TPSA) is 90.0 Å². The molecule has 2 aromatic rings. The van der Waals surface area contributed by atoms with Crippen LogP contribution in [0.25, 0.3) is 0 Å². The Kier molecular flexibility index (Phi) is 5.10. The van der Waals surface area contributed by atoms with Crippen LogP contribution >= 0.6 is 0 Å². The highest BCUT2D eigenvalue weighted by Gasteiger charge is 2.34. The van der Waals surface area contributed by atoms with E-state index in [0.29, 0.717) is 0 Å². The van der Waals surface area contributed by atoms with Gasteiger partial charge in [0, 0.05) is 6.20 Å². The van der Waals surface area contributed by atoms with Crippen molar-refractivity contribution >= 4 is 11.8 Å². The van der Waals surface area contributed by atoms with Crippen LogP contribution in [0.4, 0.5) is 17.6 Å². The number of aromatic nitrogens is 2. The predicted molar refractivity (Wildman–Crippen MR) is 78.4 cm³/mol. The van der Waals surface area contributed by atoms with Crippen molar-refractivity contribution in [1.82, 2.24) is 15.1 Å². The maximum atomic E-state index is 13.0. The van der Waals surface area contributed by atoms with Gasteiger partial charge in [-0.3, -0.25) is 14.3 Å². The average Bonchev–Trinajstić information content (AvgIpc) is 3.02. The van der Waals surface area contributed by atoms with Crippen molar-refractivity contribution in [3.63, 3.8) is 0 Å². The molecular formula is C15H14F4N4O2. The Labute approximate surface area is 139 Å². The van der Waals surface area contributed by atoms with E-state index in [1.165, 1.54) is 19.1 Å². The molecular weight excluding hydrogens is 344 g/mol. The van der Waals surface area contributed by atoms with Crippen molar-refractivity contribution in [1.29, 1.82) is 0 Å². The number of rotatable bonds is 5. The fourth-order valence-electron chi connectivity index (χ4n) is 2.06. The van der Waals surface area contributed by atoms with Crippen molar-refractivity contribution in [3.8, 4) is 0 Å². The van der Waals surface area contributed by atoms with E-state index in [1.54, 1.807) is 0 Å². The minimum Gasteiger partial charge on any atom is -0.368 e. The summed E-state index contributed by atoms with van der Waals surface area (Å²) in [6.45, 7) is 1.31. The van der Waals surface area contributed by atoms with Crippen LogP contribution in [0.1, 0.15) is 30.3 Å². The van der Waals surface area contributed by atoms with E-state index in [4.69, 9.17) is 5.73 Å². The Hall–Kier alpha value is -2.91. The van der Waals surface area contributed by atoms with E-state index in [9.17, 15) is 27.2 Å². The second-order valence-corrected chi connectivity index (χ2v) is 5.25. The lowest BCUT2D eigenvalue weighted by molar-refractivity contribution is -0.142. The molecule has 10 heteroatoms. The summed E-state index contributed by atoms with van der Waals surface area (Å²) < 4.78 is 51.5. The first-order chi connectivity index (χ1) is 11.6. The second-order valence-electron chi connectivity index (χ2n) is 5.25. The molecule has 25 heavy (non-hydrogen) atoms. The molecule has 0 spiro atoms. The third-order valence-corrected chi connectivity index (χ3v) is 3.45. The predicted octanol–water partition coefficient (Wildman–Crippen LogP) is 1.94. The molecule has 134 valence electrons. The van der Waals surface area contributed by atoms with Crippen LogP contribution in [0.2, 0.25) is 0 Å². The standard InChI is InChI=1S/C15H14F4N4O2/c1-8(23-7-6-11(22-23)15(17,18)19)14(25)21-12(13(20)24)9-2-4-10(16)5-3-9/h2-8,12H,1H3,(H2,20,24)(H,21,25). The van der Waals surface area contributed by atoms with Crippen LogP contribution in [0, 0.1) is 5.82 Å². The number of primary amides is 1. The van der Waals surface area contributed by atoms with Crippen LogP contribution < -0.4 is 11.1 Å². The number of hydrogen-bond acceptors (Lipinski definition) is 3. The Bertz CT molecular complexity index is 771. The summed E-state index contributed by atoms with van der Waals surface area (Å²) in [5.74, 6) is -2.21. The molecule has 2 amide bonds. The number of benzene rings is 1.